The van der Waals surface area contributed by atoms with E-state index in [2.05, 4.69) is 0 Å². The fourth-order valence-corrected chi connectivity index (χ4v) is 0. The topological polar surface area (TPSA) is 74.6 Å². The summed E-state index contributed by atoms with van der Waals surface area (Å²) < 4.78 is 31.6. The van der Waals surface area contributed by atoms with Gasteiger partial charge in [-0.25, -0.2) is 0 Å². The fourth-order valence-electron chi connectivity index (χ4n) is 0. The molecule has 0 aromatic rings. The SMILES string of the molecule is Cl.O=S(=O)(O)O.[Cl-].[Cl-].[Cl-].[H-].[H-].[H-].[H-].[K+].[Mg+2].[Mg+2].[Na+].[Na+]. The quantitative estimate of drug-likeness (QED) is 0.324. The molecule has 14 heavy (non-hydrogen) atoms. The van der Waals surface area contributed by atoms with Crippen molar-refractivity contribution < 1.29 is 171 Å². The summed E-state index contributed by atoms with van der Waals surface area (Å²) in [6.45, 7) is 0. The smallest absolute Gasteiger partial charge is 1.00 e. The van der Waals surface area contributed by atoms with Crippen molar-refractivity contribution in [1.82, 2.24) is 0 Å². The first-order valence-electron chi connectivity index (χ1n) is 0.698. The molecule has 0 aliphatic rings. The molecule has 2 N–H and O–H groups in total. The molecule has 0 atom stereocenters. The van der Waals surface area contributed by atoms with Crippen molar-refractivity contribution in [1.29, 1.82) is 0 Å². The van der Waals surface area contributed by atoms with Crippen LogP contribution in [0.25, 0.3) is 0 Å². The van der Waals surface area contributed by atoms with Crippen molar-refractivity contribution in [3.63, 3.8) is 0 Å². The number of hydrogen-bond acceptors (Lipinski definition) is 2. The zero-order chi connectivity index (χ0) is 4.50. The number of rotatable bonds is 0. The summed E-state index contributed by atoms with van der Waals surface area (Å²) in [6, 6.07) is 0. The maximum absolute atomic E-state index is 8.74. The molecule has 0 fully saturated rings. The molecule has 0 saturated carbocycles. The summed E-state index contributed by atoms with van der Waals surface area (Å²) in [5.74, 6) is 0. The van der Waals surface area contributed by atoms with Gasteiger partial charge in [-0.05, 0) is 0 Å². The normalized spacial score (nSPS) is 4.14. The zero-order valence-electron chi connectivity index (χ0n) is 12.1. The Balaban J connectivity index is -0.00000000103. The zero-order valence-corrected chi connectivity index (χ0v) is 21.9. The predicted octanol–water partition coefficient (Wildman–Crippen LogP) is -18.5. The second kappa shape index (κ2) is 42.7. The first-order chi connectivity index (χ1) is 2.00. The minimum Gasteiger partial charge on any atom is -1.00 e. The van der Waals surface area contributed by atoms with Crippen molar-refractivity contribution in [2.45, 2.75) is 0 Å². The van der Waals surface area contributed by atoms with Crippen LogP contribution in [-0.2, 0) is 10.4 Å². The van der Waals surface area contributed by atoms with Gasteiger partial charge >= 0.3 is 167 Å². The van der Waals surface area contributed by atoms with Crippen molar-refractivity contribution >= 4 is 68.9 Å². The summed E-state index contributed by atoms with van der Waals surface area (Å²) in [5.41, 5.74) is 0. The van der Waals surface area contributed by atoms with Crippen LogP contribution in [0.15, 0.2) is 0 Å². The Bertz CT molecular complexity index is 130. The summed E-state index contributed by atoms with van der Waals surface area (Å²) in [4.78, 5) is 0. The number of hydrogen-bond donors (Lipinski definition) is 2. The van der Waals surface area contributed by atoms with E-state index in [9.17, 15) is 0 Å². The first kappa shape index (κ1) is 71.6. The van der Waals surface area contributed by atoms with Gasteiger partial charge in [0.05, 0.1) is 0 Å². The minimum absolute atomic E-state index is 0. The van der Waals surface area contributed by atoms with E-state index in [1.807, 2.05) is 0 Å². The van der Waals surface area contributed by atoms with Crippen molar-refractivity contribution in [2.24, 2.45) is 0 Å². The molecule has 0 aliphatic heterocycles. The third-order valence-corrected chi connectivity index (χ3v) is 0. The van der Waals surface area contributed by atoms with Gasteiger partial charge < -0.3 is 42.9 Å². The fraction of sp³-hybridized carbons (Fsp3) is 0. The van der Waals surface area contributed by atoms with Crippen LogP contribution in [0.1, 0.15) is 5.71 Å². The van der Waals surface area contributed by atoms with Crippen LogP contribution >= 0.6 is 12.4 Å². The van der Waals surface area contributed by atoms with E-state index in [0.717, 1.165) is 0 Å². The van der Waals surface area contributed by atoms with E-state index in [4.69, 9.17) is 17.5 Å². The summed E-state index contributed by atoms with van der Waals surface area (Å²) in [6.07, 6.45) is 0. The van der Waals surface area contributed by atoms with Crippen LogP contribution < -0.4 is 148 Å². The molecule has 14 heteroatoms. The largest absolute Gasteiger partial charge is 2.00 e. The molecule has 0 saturated heterocycles. The molecule has 0 aliphatic carbocycles. The van der Waals surface area contributed by atoms with Gasteiger partial charge in [0, 0.05) is 0 Å². The minimum atomic E-state index is -4.67. The molecular formula is H7Cl4KMg2Na2O4S. The molecule has 0 aromatic heterocycles. The van der Waals surface area contributed by atoms with E-state index in [1.165, 1.54) is 0 Å². The van der Waals surface area contributed by atoms with Crippen molar-refractivity contribution in [3.8, 4) is 0 Å². The van der Waals surface area contributed by atoms with Gasteiger partial charge in [0.2, 0.25) is 0 Å². The van der Waals surface area contributed by atoms with E-state index < -0.39 is 10.4 Å². The van der Waals surface area contributed by atoms with Gasteiger partial charge in [0.25, 0.3) is 0 Å². The second-order valence-corrected chi connectivity index (χ2v) is 1.34. The second-order valence-electron chi connectivity index (χ2n) is 0.448. The molecule has 0 rings (SSSR count). The van der Waals surface area contributed by atoms with E-state index >= 15 is 0 Å². The Labute approximate surface area is 234 Å². The molecule has 0 unspecified atom stereocenters. The molecular weight excluding hydrogens is 372 g/mol. The third-order valence-electron chi connectivity index (χ3n) is 0. The van der Waals surface area contributed by atoms with Gasteiger partial charge in [-0.15, -0.1) is 12.4 Å². The predicted molar refractivity (Wildman–Crippen MR) is 37.4 cm³/mol. The molecule has 72 valence electrons. The van der Waals surface area contributed by atoms with E-state index in [0.29, 0.717) is 0 Å². The Morgan fingerprint density at radius 1 is 0.857 bits per heavy atom. The Morgan fingerprint density at radius 3 is 0.857 bits per heavy atom. The molecule has 0 radical (unpaired) electrons. The monoisotopic (exact) mass is 376 g/mol. The molecule has 0 amide bonds. The van der Waals surface area contributed by atoms with Crippen LogP contribution in [0.2, 0.25) is 0 Å². The van der Waals surface area contributed by atoms with Crippen LogP contribution in [-0.4, -0.2) is 63.6 Å². The van der Waals surface area contributed by atoms with E-state index in [-0.39, 0.29) is 212 Å². The first-order valence-corrected chi connectivity index (χ1v) is 2.10. The van der Waals surface area contributed by atoms with Crippen LogP contribution in [0.3, 0.4) is 0 Å². The average Bonchev–Trinajstić information content (AvgIpc) is 0.722. The van der Waals surface area contributed by atoms with Crippen LogP contribution in [0, 0.1) is 0 Å². The average molecular weight is 379 g/mol. The molecule has 0 bridgehead atoms. The van der Waals surface area contributed by atoms with Crippen molar-refractivity contribution in [2.75, 3.05) is 0 Å². The standard InChI is InChI=1S/4ClH.K.2Mg.2Na.H2O4S.4H/c;;;;;;;;;1-5(2,3)4;;;;/h4*1H;;;;;;(H2,1,2,3,4);;;;/q;;;;+1;2*+2;2*+1;;4*-1/p-3. The van der Waals surface area contributed by atoms with Gasteiger partial charge in [0.1, 0.15) is 0 Å². The van der Waals surface area contributed by atoms with Gasteiger partial charge in [0.15, 0.2) is 0 Å². The van der Waals surface area contributed by atoms with E-state index in [1.54, 1.807) is 0 Å². The molecule has 0 heterocycles. The van der Waals surface area contributed by atoms with Gasteiger partial charge in [-0.3, -0.25) is 9.11 Å². The van der Waals surface area contributed by atoms with Crippen molar-refractivity contribution in [3.05, 3.63) is 0 Å². The summed E-state index contributed by atoms with van der Waals surface area (Å²) in [7, 11) is -4.67. The molecule has 0 spiro atoms. The molecule has 0 aromatic carbocycles. The third kappa shape index (κ3) is 140. The van der Waals surface area contributed by atoms with Gasteiger partial charge in [-0.2, -0.15) is 8.42 Å². The summed E-state index contributed by atoms with van der Waals surface area (Å²) >= 11 is 0. The van der Waals surface area contributed by atoms with Crippen LogP contribution in [0.5, 0.6) is 0 Å². The summed E-state index contributed by atoms with van der Waals surface area (Å²) in [5, 5.41) is 0. The molecule has 4 nitrogen and oxygen atoms in total. The Hall–Kier alpha value is 6.20. The Morgan fingerprint density at radius 2 is 0.857 bits per heavy atom. The maximum Gasteiger partial charge on any atom is 2.00 e. The van der Waals surface area contributed by atoms with Gasteiger partial charge in [-0.1, -0.05) is 0 Å². The van der Waals surface area contributed by atoms with Crippen LogP contribution in [0.4, 0.5) is 0 Å². The maximum atomic E-state index is 8.74. The number of halogens is 4. The Kier molecular flexibility index (Phi) is 218.